The molecule has 0 aliphatic carbocycles. The van der Waals surface area contributed by atoms with Gasteiger partial charge in [-0.1, -0.05) is 6.07 Å². The first-order valence-electron chi connectivity index (χ1n) is 12.4. The third-order valence-electron chi connectivity index (χ3n) is 6.67. The van der Waals surface area contributed by atoms with E-state index in [1.165, 1.54) is 12.3 Å². The number of fused-ring (bicyclic) bond motifs is 1. The van der Waals surface area contributed by atoms with Crippen molar-refractivity contribution in [3.05, 3.63) is 53.5 Å². The number of carbonyl (C=O) groups excluding carboxylic acids is 1. The molecule has 0 spiro atoms. The van der Waals surface area contributed by atoms with Crippen LogP contribution in [0.3, 0.4) is 0 Å². The highest BCUT2D eigenvalue weighted by atomic mass is 19.1. The minimum atomic E-state index is -0.664. The van der Waals surface area contributed by atoms with Gasteiger partial charge in [-0.2, -0.15) is 0 Å². The number of nitrogens with two attached hydrogens (primary N) is 2. The summed E-state index contributed by atoms with van der Waals surface area (Å²) >= 11 is 0. The van der Waals surface area contributed by atoms with Gasteiger partial charge in [-0.15, -0.1) is 0 Å². The molecule has 0 bridgehead atoms. The Morgan fingerprint density at radius 3 is 2.54 bits per heavy atom. The second kappa shape index (κ2) is 11.7. The molecule has 1 fully saturated rings. The van der Waals surface area contributed by atoms with Crippen LogP contribution in [0.5, 0.6) is 5.75 Å². The summed E-state index contributed by atoms with van der Waals surface area (Å²) in [6, 6.07) is 8.96. The van der Waals surface area contributed by atoms with Crippen molar-refractivity contribution in [2.45, 2.75) is 26.4 Å². The lowest BCUT2D eigenvalue weighted by molar-refractivity contribution is 0.100. The van der Waals surface area contributed by atoms with Crippen molar-refractivity contribution in [3.63, 3.8) is 0 Å². The van der Waals surface area contributed by atoms with E-state index < -0.39 is 11.7 Å². The summed E-state index contributed by atoms with van der Waals surface area (Å²) in [6.07, 6.45) is 1.40. The number of carbonyl (C=O) groups is 1. The molecule has 0 unspecified atom stereocenters. The number of hydrogen-bond acceptors (Lipinski definition) is 8. The number of anilines is 3. The van der Waals surface area contributed by atoms with Gasteiger partial charge in [0.05, 0.1) is 34.7 Å². The van der Waals surface area contributed by atoms with Crippen LogP contribution in [0.1, 0.15) is 29.8 Å². The van der Waals surface area contributed by atoms with E-state index in [4.69, 9.17) is 20.9 Å². The minimum absolute atomic E-state index is 0.165. The summed E-state index contributed by atoms with van der Waals surface area (Å²) in [7, 11) is 1.62. The van der Waals surface area contributed by atoms with Crippen LogP contribution < -0.4 is 26.4 Å². The fourth-order valence-corrected chi connectivity index (χ4v) is 4.53. The van der Waals surface area contributed by atoms with Gasteiger partial charge in [-0.3, -0.25) is 14.7 Å². The number of methoxy groups -OCH3 is 1. The van der Waals surface area contributed by atoms with E-state index in [2.05, 4.69) is 33.9 Å². The van der Waals surface area contributed by atoms with Gasteiger partial charge in [0.2, 0.25) is 0 Å². The van der Waals surface area contributed by atoms with Crippen molar-refractivity contribution in [2.24, 2.45) is 11.5 Å². The van der Waals surface area contributed by atoms with Gasteiger partial charge >= 0.3 is 0 Å². The highest BCUT2D eigenvalue weighted by Crippen LogP contribution is 2.38. The first-order chi connectivity index (χ1) is 17.8. The molecular formula is C27H35FN6O3. The average Bonchev–Trinajstić information content (AvgIpc) is 2.89. The summed E-state index contributed by atoms with van der Waals surface area (Å²) in [5, 5.41) is 3.73. The Kier molecular flexibility index (Phi) is 8.42. The topological polar surface area (TPSA) is 119 Å². The first kappa shape index (κ1) is 26.6. The van der Waals surface area contributed by atoms with Crippen LogP contribution in [0.25, 0.3) is 10.9 Å². The molecule has 2 heterocycles. The van der Waals surface area contributed by atoms with Crippen LogP contribution in [-0.4, -0.2) is 68.3 Å². The summed E-state index contributed by atoms with van der Waals surface area (Å²) in [5.41, 5.74) is 14.2. The van der Waals surface area contributed by atoms with Gasteiger partial charge in [0.25, 0.3) is 5.91 Å². The maximum Gasteiger partial charge on any atom is 0.252 e. The smallest absolute Gasteiger partial charge is 0.252 e. The first-order valence-corrected chi connectivity index (χ1v) is 12.4. The Balaban J connectivity index is 1.81. The van der Waals surface area contributed by atoms with Crippen molar-refractivity contribution in [2.75, 3.05) is 56.7 Å². The SMILES string of the molecule is COCCOc1cc2ncc(C(N)=O)c(Nc3ccc(CN)cc3F)c2cc1N1CCN(C(C)C)CC1. The molecule has 1 amide bonds. The molecule has 37 heavy (non-hydrogen) atoms. The Bertz CT molecular complexity index is 1260. The standard InChI is InChI=1S/C27H35FN6O3/c1-17(2)33-6-8-34(9-7-33)24-13-19-23(14-25(24)37-11-10-36-3)31-16-20(27(30)35)26(19)32-22-5-4-18(15-29)12-21(22)28/h4-5,12-14,16-17H,6-11,15,29H2,1-3H3,(H2,30,35)(H,31,32). The maximum atomic E-state index is 14.9. The quantitative estimate of drug-likeness (QED) is 0.356. The Hall–Kier alpha value is -3.47. The normalized spacial score (nSPS) is 14.4. The summed E-state index contributed by atoms with van der Waals surface area (Å²) < 4.78 is 26.1. The molecule has 0 radical (unpaired) electrons. The van der Waals surface area contributed by atoms with Crippen molar-refractivity contribution < 1.29 is 18.7 Å². The lowest BCUT2D eigenvalue weighted by atomic mass is 10.1. The zero-order valence-electron chi connectivity index (χ0n) is 21.6. The number of piperazine rings is 1. The van der Waals surface area contributed by atoms with Crippen molar-refractivity contribution in [3.8, 4) is 5.75 Å². The summed E-state index contributed by atoms with van der Waals surface area (Å²) in [4.78, 5) is 21.5. The fourth-order valence-electron chi connectivity index (χ4n) is 4.53. The molecule has 0 atom stereocenters. The molecule has 4 rings (SSSR count). The van der Waals surface area contributed by atoms with Crippen LogP contribution in [0.15, 0.2) is 36.5 Å². The number of nitrogens with zero attached hydrogens (tertiary/aromatic N) is 3. The number of primary amides is 1. The summed E-state index contributed by atoms with van der Waals surface area (Å²) in [6.45, 7) is 8.88. The monoisotopic (exact) mass is 510 g/mol. The second-order valence-corrected chi connectivity index (χ2v) is 9.35. The molecule has 1 saturated heterocycles. The number of hydrogen-bond donors (Lipinski definition) is 3. The molecule has 5 N–H and O–H groups in total. The lowest BCUT2D eigenvalue weighted by Gasteiger charge is -2.38. The number of halogens is 1. The van der Waals surface area contributed by atoms with Crippen molar-refractivity contribution >= 4 is 33.9 Å². The third-order valence-corrected chi connectivity index (χ3v) is 6.67. The van der Waals surface area contributed by atoms with E-state index in [0.29, 0.717) is 47.2 Å². The number of ether oxygens (including phenoxy) is 2. The van der Waals surface area contributed by atoms with Crippen LogP contribution in [0.2, 0.25) is 0 Å². The molecular weight excluding hydrogens is 475 g/mol. The number of rotatable bonds is 10. The zero-order valence-corrected chi connectivity index (χ0v) is 21.6. The molecule has 1 aliphatic heterocycles. The Morgan fingerprint density at radius 2 is 1.92 bits per heavy atom. The molecule has 3 aromatic rings. The van der Waals surface area contributed by atoms with Gasteiger partial charge in [-0.05, 0) is 37.6 Å². The molecule has 1 aromatic heterocycles. The van der Waals surface area contributed by atoms with E-state index in [1.54, 1.807) is 19.2 Å². The predicted octanol–water partition coefficient (Wildman–Crippen LogP) is 3.23. The van der Waals surface area contributed by atoms with Crippen molar-refractivity contribution in [1.82, 2.24) is 9.88 Å². The van der Waals surface area contributed by atoms with Crippen LogP contribution in [0, 0.1) is 5.82 Å². The molecule has 2 aromatic carbocycles. The van der Waals surface area contributed by atoms with Crippen LogP contribution >= 0.6 is 0 Å². The largest absolute Gasteiger partial charge is 0.489 e. The highest BCUT2D eigenvalue weighted by Gasteiger charge is 2.24. The number of aromatic nitrogens is 1. The number of benzene rings is 2. The number of nitrogens with one attached hydrogen (secondary N) is 1. The van der Waals surface area contributed by atoms with Crippen LogP contribution in [0.4, 0.5) is 21.5 Å². The van der Waals surface area contributed by atoms with Gasteiger partial charge in [0.15, 0.2) is 0 Å². The summed E-state index contributed by atoms with van der Waals surface area (Å²) in [5.74, 6) is -0.470. The van der Waals surface area contributed by atoms with E-state index >= 15 is 0 Å². The van der Waals surface area contributed by atoms with E-state index in [1.807, 2.05) is 12.1 Å². The second-order valence-electron chi connectivity index (χ2n) is 9.35. The molecule has 10 heteroatoms. The molecule has 0 saturated carbocycles. The molecule has 1 aliphatic rings. The Labute approximate surface area is 216 Å². The van der Waals surface area contributed by atoms with E-state index in [-0.39, 0.29) is 17.8 Å². The molecule has 9 nitrogen and oxygen atoms in total. The average molecular weight is 511 g/mol. The number of amides is 1. The zero-order chi connectivity index (χ0) is 26.5. The van der Waals surface area contributed by atoms with Gasteiger partial charge in [0, 0.05) is 63.5 Å². The molecule has 198 valence electrons. The Morgan fingerprint density at radius 1 is 1.16 bits per heavy atom. The van der Waals surface area contributed by atoms with Crippen LogP contribution in [-0.2, 0) is 11.3 Å². The maximum absolute atomic E-state index is 14.9. The van der Waals surface area contributed by atoms with Gasteiger partial charge in [-0.25, -0.2) is 4.39 Å². The fraction of sp³-hybridized carbons (Fsp3) is 0.407. The third kappa shape index (κ3) is 5.93. The van der Waals surface area contributed by atoms with E-state index in [0.717, 1.165) is 31.9 Å². The van der Waals surface area contributed by atoms with Gasteiger partial charge < -0.3 is 31.2 Å². The lowest BCUT2D eigenvalue weighted by Crippen LogP contribution is -2.49. The minimum Gasteiger partial charge on any atom is -0.489 e. The van der Waals surface area contributed by atoms with E-state index in [9.17, 15) is 9.18 Å². The van der Waals surface area contributed by atoms with Gasteiger partial charge in [0.1, 0.15) is 18.2 Å². The predicted molar refractivity (Wildman–Crippen MR) is 144 cm³/mol. The number of pyridine rings is 1. The highest BCUT2D eigenvalue weighted by molar-refractivity contribution is 6.08. The van der Waals surface area contributed by atoms with Crippen molar-refractivity contribution in [1.29, 1.82) is 0 Å².